The van der Waals surface area contributed by atoms with E-state index in [2.05, 4.69) is 29.2 Å². The van der Waals surface area contributed by atoms with E-state index in [1.807, 2.05) is 36.4 Å². The molecule has 0 bridgehead atoms. The van der Waals surface area contributed by atoms with E-state index in [4.69, 9.17) is 0 Å². The number of likely N-dealkylation sites (tertiary alicyclic amines) is 1. The van der Waals surface area contributed by atoms with Crippen molar-refractivity contribution in [1.82, 2.24) is 4.90 Å². The van der Waals surface area contributed by atoms with Gasteiger partial charge >= 0.3 is 5.97 Å². The molecule has 2 aromatic rings. The van der Waals surface area contributed by atoms with Gasteiger partial charge in [-0.05, 0) is 30.5 Å². The molecule has 3 heteroatoms. The fraction of sp³-hybridized carbons (Fsp3) is 0.316. The molecule has 1 heterocycles. The maximum Gasteiger partial charge on any atom is 0.320 e. The molecule has 2 aromatic carbocycles. The molecule has 114 valence electrons. The van der Waals surface area contributed by atoms with Crippen LogP contribution in [0.5, 0.6) is 0 Å². The minimum Gasteiger partial charge on any atom is -0.480 e. The van der Waals surface area contributed by atoms with Gasteiger partial charge in [0.15, 0.2) is 0 Å². The minimum absolute atomic E-state index is 0.00352. The van der Waals surface area contributed by atoms with Gasteiger partial charge in [0.05, 0.1) is 6.04 Å². The van der Waals surface area contributed by atoms with Crippen molar-refractivity contribution in [2.24, 2.45) is 0 Å². The third-order valence-electron chi connectivity index (χ3n) is 4.39. The fourth-order valence-corrected chi connectivity index (χ4v) is 3.37. The van der Waals surface area contributed by atoms with Crippen LogP contribution in [0.1, 0.15) is 36.4 Å². The van der Waals surface area contributed by atoms with Gasteiger partial charge in [-0.1, -0.05) is 67.1 Å². The summed E-state index contributed by atoms with van der Waals surface area (Å²) < 4.78 is 0. The van der Waals surface area contributed by atoms with Crippen molar-refractivity contribution in [3.05, 3.63) is 71.8 Å². The van der Waals surface area contributed by atoms with Crippen LogP contribution in [0.4, 0.5) is 0 Å². The van der Waals surface area contributed by atoms with E-state index in [1.54, 1.807) is 0 Å². The highest BCUT2D eigenvalue weighted by Crippen LogP contribution is 2.33. The van der Waals surface area contributed by atoms with Gasteiger partial charge in [-0.2, -0.15) is 0 Å². The smallest absolute Gasteiger partial charge is 0.320 e. The molecule has 1 aliphatic rings. The van der Waals surface area contributed by atoms with Gasteiger partial charge in [0.2, 0.25) is 0 Å². The van der Waals surface area contributed by atoms with Crippen LogP contribution < -0.4 is 0 Å². The fourth-order valence-electron chi connectivity index (χ4n) is 3.37. The van der Waals surface area contributed by atoms with E-state index in [9.17, 15) is 9.90 Å². The van der Waals surface area contributed by atoms with E-state index in [-0.39, 0.29) is 6.04 Å². The summed E-state index contributed by atoms with van der Waals surface area (Å²) in [5.74, 6) is -0.712. The van der Waals surface area contributed by atoms with Crippen LogP contribution >= 0.6 is 0 Å². The zero-order chi connectivity index (χ0) is 15.4. The molecule has 0 aromatic heterocycles. The molecule has 1 fully saturated rings. The summed E-state index contributed by atoms with van der Waals surface area (Å²) in [7, 11) is 0. The molecule has 0 unspecified atom stereocenters. The van der Waals surface area contributed by atoms with E-state index in [0.29, 0.717) is 0 Å². The number of hydrogen-bond acceptors (Lipinski definition) is 2. The summed E-state index contributed by atoms with van der Waals surface area (Å²) in [6.07, 6.45) is 2.77. The average Bonchev–Trinajstić information content (AvgIpc) is 2.57. The highest BCUT2D eigenvalue weighted by Gasteiger charge is 2.34. The summed E-state index contributed by atoms with van der Waals surface area (Å²) in [6.45, 7) is 0.825. The number of carboxylic acid groups (broad SMARTS) is 1. The van der Waals surface area contributed by atoms with Crippen LogP contribution in [-0.4, -0.2) is 28.6 Å². The molecule has 1 N–H and O–H groups in total. The van der Waals surface area contributed by atoms with Crippen molar-refractivity contribution in [3.63, 3.8) is 0 Å². The average molecular weight is 295 g/mol. The molecule has 22 heavy (non-hydrogen) atoms. The van der Waals surface area contributed by atoms with Gasteiger partial charge in [0.25, 0.3) is 0 Å². The highest BCUT2D eigenvalue weighted by atomic mass is 16.4. The maximum atomic E-state index is 11.7. The third kappa shape index (κ3) is 3.04. The topological polar surface area (TPSA) is 40.5 Å². The Kier molecular flexibility index (Phi) is 4.54. The van der Waals surface area contributed by atoms with Crippen molar-refractivity contribution in [2.75, 3.05) is 6.54 Å². The predicted molar refractivity (Wildman–Crippen MR) is 86.7 cm³/mol. The van der Waals surface area contributed by atoms with Crippen LogP contribution in [0.15, 0.2) is 60.7 Å². The Labute approximate surface area is 131 Å². The number of aliphatic carboxylic acids is 1. The molecule has 1 aliphatic heterocycles. The number of hydrogen-bond donors (Lipinski definition) is 1. The van der Waals surface area contributed by atoms with Crippen LogP contribution in [0.2, 0.25) is 0 Å². The SMILES string of the molecule is O=C(O)[C@H]1CCCCN1C(c1ccccc1)c1ccccc1. The van der Waals surface area contributed by atoms with E-state index >= 15 is 0 Å². The largest absolute Gasteiger partial charge is 0.480 e. The second-order valence-corrected chi connectivity index (χ2v) is 5.81. The van der Waals surface area contributed by atoms with Crippen molar-refractivity contribution >= 4 is 5.97 Å². The van der Waals surface area contributed by atoms with Gasteiger partial charge in [-0.25, -0.2) is 0 Å². The molecule has 1 atom stereocenters. The second kappa shape index (κ2) is 6.75. The Morgan fingerprint density at radius 3 is 2.00 bits per heavy atom. The Morgan fingerprint density at radius 2 is 1.50 bits per heavy atom. The number of benzene rings is 2. The standard InChI is InChI=1S/C19H21NO2/c21-19(22)17-13-7-8-14-20(17)18(15-9-3-1-4-10-15)16-11-5-2-6-12-16/h1-6,9-12,17-18H,7-8,13-14H2,(H,21,22)/t17-/m1/s1. The third-order valence-corrected chi connectivity index (χ3v) is 4.39. The number of carbonyl (C=O) groups is 1. The van der Waals surface area contributed by atoms with Crippen LogP contribution in [0.3, 0.4) is 0 Å². The summed E-state index contributed by atoms with van der Waals surface area (Å²) in [6, 6.07) is 20.0. The molecule has 0 saturated carbocycles. The molecule has 0 aliphatic carbocycles. The normalized spacial score (nSPS) is 19.2. The van der Waals surface area contributed by atoms with Crippen LogP contribution in [-0.2, 0) is 4.79 Å². The number of carboxylic acids is 1. The molecule has 0 spiro atoms. The molecular formula is C19H21NO2. The van der Waals surface area contributed by atoms with E-state index in [0.717, 1.165) is 36.9 Å². The lowest BCUT2D eigenvalue weighted by atomic mass is 9.92. The lowest BCUT2D eigenvalue weighted by Crippen LogP contribution is -2.46. The Bertz CT molecular complexity index is 572. The zero-order valence-corrected chi connectivity index (χ0v) is 12.6. The lowest BCUT2D eigenvalue weighted by molar-refractivity contribution is -0.145. The first kappa shape index (κ1) is 14.8. The number of nitrogens with zero attached hydrogens (tertiary/aromatic N) is 1. The quantitative estimate of drug-likeness (QED) is 0.934. The zero-order valence-electron chi connectivity index (χ0n) is 12.6. The monoisotopic (exact) mass is 295 g/mol. The number of rotatable bonds is 4. The summed E-state index contributed by atoms with van der Waals surface area (Å²) >= 11 is 0. The number of piperidine rings is 1. The second-order valence-electron chi connectivity index (χ2n) is 5.81. The van der Waals surface area contributed by atoms with Gasteiger partial charge in [0.1, 0.15) is 6.04 Å². The van der Waals surface area contributed by atoms with E-state index in [1.165, 1.54) is 0 Å². The molecule has 0 radical (unpaired) electrons. The molecule has 0 amide bonds. The van der Waals surface area contributed by atoms with Crippen LogP contribution in [0.25, 0.3) is 0 Å². The van der Waals surface area contributed by atoms with E-state index < -0.39 is 12.0 Å². The highest BCUT2D eigenvalue weighted by molar-refractivity contribution is 5.73. The summed E-state index contributed by atoms with van der Waals surface area (Å²) in [4.78, 5) is 13.8. The predicted octanol–water partition coefficient (Wildman–Crippen LogP) is 3.72. The van der Waals surface area contributed by atoms with Gasteiger partial charge in [-0.15, -0.1) is 0 Å². The van der Waals surface area contributed by atoms with Gasteiger partial charge in [-0.3, -0.25) is 9.69 Å². The molecule has 3 rings (SSSR count). The molecular weight excluding hydrogens is 274 g/mol. The molecule has 3 nitrogen and oxygen atoms in total. The van der Waals surface area contributed by atoms with Crippen molar-refractivity contribution in [3.8, 4) is 0 Å². The first-order valence-electron chi connectivity index (χ1n) is 7.86. The molecule has 1 saturated heterocycles. The first-order valence-corrected chi connectivity index (χ1v) is 7.86. The lowest BCUT2D eigenvalue weighted by Gasteiger charge is -2.39. The van der Waals surface area contributed by atoms with Crippen molar-refractivity contribution in [2.45, 2.75) is 31.3 Å². The van der Waals surface area contributed by atoms with Crippen molar-refractivity contribution < 1.29 is 9.90 Å². The minimum atomic E-state index is -0.712. The van der Waals surface area contributed by atoms with Crippen molar-refractivity contribution in [1.29, 1.82) is 0 Å². The summed E-state index contributed by atoms with van der Waals surface area (Å²) in [5, 5.41) is 9.61. The summed E-state index contributed by atoms with van der Waals surface area (Å²) in [5.41, 5.74) is 2.31. The Balaban J connectivity index is 2.03. The first-order chi connectivity index (χ1) is 10.8. The van der Waals surface area contributed by atoms with Crippen LogP contribution in [0, 0.1) is 0 Å². The Morgan fingerprint density at radius 1 is 0.955 bits per heavy atom. The maximum absolute atomic E-state index is 11.7. The van der Waals surface area contributed by atoms with Gasteiger partial charge in [0, 0.05) is 0 Å². The van der Waals surface area contributed by atoms with Gasteiger partial charge < -0.3 is 5.11 Å². The Hall–Kier alpha value is -2.13.